The van der Waals surface area contributed by atoms with E-state index in [1.54, 1.807) is 0 Å². The molecule has 0 radical (unpaired) electrons. The highest BCUT2D eigenvalue weighted by Gasteiger charge is 2.12. The van der Waals surface area contributed by atoms with Crippen molar-refractivity contribution in [2.24, 2.45) is 4.36 Å². The molecule has 0 bridgehead atoms. The number of nitrogens with zero attached hydrogens (tertiary/aromatic N) is 2. The van der Waals surface area contributed by atoms with E-state index in [0.29, 0.717) is 0 Å². The molecule has 70 valence electrons. The van der Waals surface area contributed by atoms with Crippen LogP contribution >= 0.6 is 0 Å². The average molecular weight is 190 g/mol. The minimum atomic E-state index is -2.47. The van der Waals surface area contributed by atoms with E-state index in [4.69, 9.17) is 10.00 Å². The van der Waals surface area contributed by atoms with E-state index in [1.165, 1.54) is 12.4 Å². The zero-order valence-corrected chi connectivity index (χ0v) is 8.64. The molecule has 0 aromatic rings. The predicted molar refractivity (Wildman–Crippen MR) is 47.8 cm³/mol. The van der Waals surface area contributed by atoms with Crippen molar-refractivity contribution in [3.05, 3.63) is 0 Å². The van der Waals surface area contributed by atoms with Gasteiger partial charge < -0.3 is 4.74 Å². The Morgan fingerprint density at radius 3 is 2.42 bits per heavy atom. The maximum atomic E-state index is 11.3. The number of hydrogen-bond donors (Lipinski definition) is 0. The summed E-state index contributed by atoms with van der Waals surface area (Å²) in [4.78, 5) is 0. The van der Waals surface area contributed by atoms with E-state index < -0.39 is 9.73 Å². The fourth-order valence-corrected chi connectivity index (χ4v) is 1.20. The summed E-state index contributed by atoms with van der Waals surface area (Å²) in [5, 5.41) is 8.18. The van der Waals surface area contributed by atoms with Gasteiger partial charge >= 0.3 is 0 Å². The van der Waals surface area contributed by atoms with Gasteiger partial charge in [0.2, 0.25) is 6.19 Å². The van der Waals surface area contributed by atoms with Gasteiger partial charge in [-0.3, -0.25) is 0 Å². The molecule has 0 aliphatic heterocycles. The topological polar surface area (TPSA) is 62.4 Å². The molecule has 0 aromatic heterocycles. The zero-order chi connectivity index (χ0) is 9.83. The van der Waals surface area contributed by atoms with Gasteiger partial charge in [-0.1, -0.05) is 0 Å². The average Bonchev–Trinajstić information content (AvgIpc) is 1.83. The van der Waals surface area contributed by atoms with Gasteiger partial charge in [0.1, 0.15) is 5.94 Å². The van der Waals surface area contributed by atoms with Crippen molar-refractivity contribution in [3.8, 4) is 6.19 Å². The highest BCUT2D eigenvalue weighted by Crippen LogP contribution is 2.08. The summed E-state index contributed by atoms with van der Waals surface area (Å²) in [6, 6.07) is 0. The van der Waals surface area contributed by atoms with Crippen LogP contribution in [0.2, 0.25) is 0 Å². The Morgan fingerprint density at radius 2 is 2.08 bits per heavy atom. The minimum Gasteiger partial charge on any atom is -0.362 e. The number of nitriles is 1. The summed E-state index contributed by atoms with van der Waals surface area (Å²) in [6.07, 6.45) is 2.92. The van der Waals surface area contributed by atoms with E-state index in [0.717, 1.165) is 0 Å². The molecule has 0 saturated heterocycles. The third kappa shape index (κ3) is 6.13. The fourth-order valence-electron chi connectivity index (χ4n) is 0.399. The van der Waals surface area contributed by atoms with Crippen LogP contribution in [0.25, 0.3) is 0 Å². The van der Waals surface area contributed by atoms with Crippen molar-refractivity contribution in [2.75, 3.05) is 12.2 Å². The molecule has 1 unspecified atom stereocenters. The van der Waals surface area contributed by atoms with Crippen molar-refractivity contribution in [1.29, 1.82) is 5.26 Å². The third-order valence-corrected chi connectivity index (χ3v) is 1.97. The lowest BCUT2D eigenvalue weighted by molar-refractivity contribution is 0.0267. The van der Waals surface area contributed by atoms with Crippen LogP contribution in [0.1, 0.15) is 20.8 Å². The molecule has 0 aromatic carbocycles. The van der Waals surface area contributed by atoms with Gasteiger partial charge in [0.05, 0.1) is 15.3 Å². The Kier molecular flexibility index (Phi) is 3.68. The summed E-state index contributed by atoms with van der Waals surface area (Å²) >= 11 is 0. The smallest absolute Gasteiger partial charge is 0.214 e. The zero-order valence-electron chi connectivity index (χ0n) is 7.83. The van der Waals surface area contributed by atoms with Gasteiger partial charge in [-0.15, -0.1) is 4.36 Å². The third-order valence-electron chi connectivity index (χ3n) is 0.945. The van der Waals surface area contributed by atoms with E-state index in [2.05, 4.69) is 4.36 Å². The van der Waals surface area contributed by atoms with Crippen LogP contribution < -0.4 is 0 Å². The van der Waals surface area contributed by atoms with Crippen LogP contribution in [-0.2, 0) is 14.5 Å². The molecule has 0 heterocycles. The molecule has 0 aliphatic carbocycles. The summed E-state index contributed by atoms with van der Waals surface area (Å²) < 4.78 is 19.8. The lowest BCUT2D eigenvalue weighted by Gasteiger charge is -2.19. The van der Waals surface area contributed by atoms with Crippen LogP contribution in [0.5, 0.6) is 0 Å². The second-order valence-electron chi connectivity index (χ2n) is 3.53. The number of hydrogen-bond acceptors (Lipinski definition) is 4. The number of rotatable bonds is 2. The van der Waals surface area contributed by atoms with Crippen LogP contribution in [0, 0.1) is 11.5 Å². The second-order valence-corrected chi connectivity index (χ2v) is 5.86. The summed E-state index contributed by atoms with van der Waals surface area (Å²) in [7, 11) is -2.47. The highest BCUT2D eigenvalue weighted by molar-refractivity contribution is 7.92. The molecule has 0 aliphatic rings. The van der Waals surface area contributed by atoms with Gasteiger partial charge in [-0.2, -0.15) is 5.26 Å². The first-order chi connectivity index (χ1) is 5.27. The van der Waals surface area contributed by atoms with Gasteiger partial charge in [-0.05, 0) is 20.8 Å². The molecule has 0 N–H and O–H groups in total. The van der Waals surface area contributed by atoms with Gasteiger partial charge in [0.25, 0.3) is 0 Å². The largest absolute Gasteiger partial charge is 0.362 e. The molecule has 0 saturated carbocycles. The molecule has 1 atom stereocenters. The standard InChI is InChI=1S/C7H14N2O2S/c1-7(2,3)11-6-12(4,10)9-5-8/h6H2,1-4H3. The van der Waals surface area contributed by atoms with Crippen LogP contribution in [0.4, 0.5) is 0 Å². The van der Waals surface area contributed by atoms with E-state index in [9.17, 15) is 4.21 Å². The van der Waals surface area contributed by atoms with Crippen LogP contribution in [0.3, 0.4) is 0 Å². The Hall–Kier alpha value is -0.600. The first kappa shape index (κ1) is 11.4. The predicted octanol–water partition coefficient (Wildman–Crippen LogP) is 1.34. The number of ether oxygens (including phenoxy) is 1. The Morgan fingerprint density at radius 1 is 1.58 bits per heavy atom. The molecule has 0 fully saturated rings. The molecule has 5 heteroatoms. The van der Waals surface area contributed by atoms with Gasteiger partial charge in [0, 0.05) is 6.26 Å². The summed E-state index contributed by atoms with van der Waals surface area (Å²) in [5.41, 5.74) is -0.344. The first-order valence-corrected chi connectivity index (χ1v) is 5.58. The molecular formula is C7H14N2O2S. The molecule has 0 spiro atoms. The lowest BCUT2D eigenvalue weighted by atomic mass is 10.2. The van der Waals surface area contributed by atoms with Crippen LogP contribution in [-0.4, -0.2) is 22.0 Å². The first-order valence-electron chi connectivity index (χ1n) is 3.49. The Balaban J connectivity index is 4.24. The van der Waals surface area contributed by atoms with Gasteiger partial charge in [0.15, 0.2) is 0 Å². The van der Waals surface area contributed by atoms with Crippen molar-refractivity contribution in [1.82, 2.24) is 0 Å². The Bertz CT molecular complexity index is 290. The van der Waals surface area contributed by atoms with Crippen molar-refractivity contribution < 1.29 is 8.95 Å². The fraction of sp³-hybridized carbons (Fsp3) is 0.857. The normalized spacial score (nSPS) is 16.2. The van der Waals surface area contributed by atoms with Crippen molar-refractivity contribution in [3.63, 3.8) is 0 Å². The monoisotopic (exact) mass is 190 g/mol. The molecule has 0 amide bonds. The molecule has 12 heavy (non-hydrogen) atoms. The van der Waals surface area contributed by atoms with Crippen LogP contribution in [0.15, 0.2) is 4.36 Å². The highest BCUT2D eigenvalue weighted by atomic mass is 32.2. The quantitative estimate of drug-likeness (QED) is 0.617. The lowest BCUT2D eigenvalue weighted by Crippen LogP contribution is -2.23. The van der Waals surface area contributed by atoms with Gasteiger partial charge in [-0.25, -0.2) is 4.21 Å². The molecular weight excluding hydrogens is 176 g/mol. The maximum absolute atomic E-state index is 11.3. The second kappa shape index (κ2) is 3.87. The molecule has 0 rings (SSSR count). The van der Waals surface area contributed by atoms with E-state index >= 15 is 0 Å². The van der Waals surface area contributed by atoms with Crippen molar-refractivity contribution in [2.45, 2.75) is 26.4 Å². The minimum absolute atomic E-state index is 0.00403. The molecule has 4 nitrogen and oxygen atoms in total. The Labute approximate surface area is 73.7 Å². The summed E-state index contributed by atoms with van der Waals surface area (Å²) in [5.74, 6) is 0.00403. The van der Waals surface area contributed by atoms with E-state index in [-0.39, 0.29) is 11.5 Å². The van der Waals surface area contributed by atoms with E-state index in [1.807, 2.05) is 20.8 Å². The summed E-state index contributed by atoms with van der Waals surface area (Å²) in [6.45, 7) is 5.57. The van der Waals surface area contributed by atoms with Crippen molar-refractivity contribution >= 4 is 9.73 Å². The SMILES string of the molecule is CC(C)(C)OCS(C)(=O)=NC#N. The maximum Gasteiger partial charge on any atom is 0.214 e.